The zero-order valence-corrected chi connectivity index (χ0v) is 10.1. The Bertz CT molecular complexity index is 281. The summed E-state index contributed by atoms with van der Waals surface area (Å²) < 4.78 is 0. The lowest BCUT2D eigenvalue weighted by Gasteiger charge is -2.05. The summed E-state index contributed by atoms with van der Waals surface area (Å²) >= 11 is 1.85. The fourth-order valence-electron chi connectivity index (χ4n) is 1.18. The molecule has 0 saturated heterocycles. The molecule has 1 heterocycles. The Morgan fingerprint density at radius 3 is 2.80 bits per heavy atom. The number of nitrogen functional groups attached to an aromatic ring is 1. The van der Waals surface area contributed by atoms with Gasteiger partial charge in [-0.15, -0.1) is 0 Å². The molecule has 5 heteroatoms. The highest BCUT2D eigenvalue weighted by Gasteiger charge is 2.02. The SMILES string of the molecule is CCCSCc1nc(CC)cc(NN)n1. The summed E-state index contributed by atoms with van der Waals surface area (Å²) in [6.45, 7) is 4.24. The van der Waals surface area contributed by atoms with E-state index in [-0.39, 0.29) is 0 Å². The van der Waals surface area contributed by atoms with Gasteiger partial charge in [0.15, 0.2) is 0 Å². The highest BCUT2D eigenvalue weighted by Crippen LogP contribution is 2.13. The molecule has 0 radical (unpaired) electrons. The topological polar surface area (TPSA) is 63.8 Å². The van der Waals surface area contributed by atoms with Crippen LogP contribution in [0.5, 0.6) is 0 Å². The molecule has 1 aromatic heterocycles. The zero-order valence-electron chi connectivity index (χ0n) is 9.29. The Morgan fingerprint density at radius 1 is 1.40 bits per heavy atom. The third-order valence-electron chi connectivity index (χ3n) is 1.92. The van der Waals surface area contributed by atoms with Gasteiger partial charge in [0.05, 0.1) is 5.75 Å². The number of anilines is 1. The average Bonchev–Trinajstić information content (AvgIpc) is 2.29. The molecule has 1 rings (SSSR count). The summed E-state index contributed by atoms with van der Waals surface area (Å²) in [5.74, 6) is 8.92. The van der Waals surface area contributed by atoms with Gasteiger partial charge in [-0.05, 0) is 18.6 Å². The van der Waals surface area contributed by atoms with E-state index in [1.165, 1.54) is 6.42 Å². The zero-order chi connectivity index (χ0) is 11.1. The molecule has 0 fully saturated rings. The maximum absolute atomic E-state index is 5.35. The van der Waals surface area contributed by atoms with Crippen LogP contribution < -0.4 is 11.3 Å². The molecular weight excluding hydrogens is 208 g/mol. The van der Waals surface area contributed by atoms with E-state index in [2.05, 4.69) is 29.2 Å². The summed E-state index contributed by atoms with van der Waals surface area (Å²) in [5.41, 5.74) is 3.60. The molecule has 0 amide bonds. The predicted molar refractivity (Wildman–Crippen MR) is 65.7 cm³/mol. The number of nitrogens with two attached hydrogens (primary N) is 1. The van der Waals surface area contributed by atoms with Crippen LogP contribution in [0, 0.1) is 0 Å². The second-order valence-electron chi connectivity index (χ2n) is 3.21. The van der Waals surface area contributed by atoms with Crippen molar-refractivity contribution in [3.05, 3.63) is 17.6 Å². The Labute approximate surface area is 95.0 Å². The van der Waals surface area contributed by atoms with Crippen molar-refractivity contribution in [3.8, 4) is 0 Å². The normalized spacial score (nSPS) is 10.3. The van der Waals surface area contributed by atoms with E-state index in [9.17, 15) is 0 Å². The predicted octanol–water partition coefficient (Wildman–Crippen LogP) is 1.97. The van der Waals surface area contributed by atoms with Crippen LogP contribution in [0.1, 0.15) is 31.8 Å². The number of hydrogen-bond donors (Lipinski definition) is 2. The lowest BCUT2D eigenvalue weighted by molar-refractivity contribution is 0.937. The largest absolute Gasteiger partial charge is 0.308 e. The highest BCUT2D eigenvalue weighted by atomic mass is 32.2. The number of rotatable bonds is 6. The smallest absolute Gasteiger partial charge is 0.143 e. The van der Waals surface area contributed by atoms with Gasteiger partial charge in [0.25, 0.3) is 0 Å². The van der Waals surface area contributed by atoms with Gasteiger partial charge in [0, 0.05) is 11.8 Å². The Kier molecular flexibility index (Phi) is 5.42. The van der Waals surface area contributed by atoms with Gasteiger partial charge in [-0.2, -0.15) is 11.8 Å². The molecule has 0 unspecified atom stereocenters. The summed E-state index contributed by atoms with van der Waals surface area (Å²) in [4.78, 5) is 8.75. The maximum atomic E-state index is 5.35. The van der Waals surface area contributed by atoms with Gasteiger partial charge < -0.3 is 5.43 Å². The number of thioether (sulfide) groups is 1. The second-order valence-corrected chi connectivity index (χ2v) is 4.32. The molecule has 1 aromatic rings. The van der Waals surface area contributed by atoms with E-state index in [1.807, 2.05) is 17.8 Å². The number of hydrazine groups is 1. The van der Waals surface area contributed by atoms with Crippen molar-refractivity contribution in [3.63, 3.8) is 0 Å². The maximum Gasteiger partial charge on any atom is 0.143 e. The molecule has 0 aromatic carbocycles. The molecule has 3 N–H and O–H groups in total. The van der Waals surface area contributed by atoms with Crippen molar-refractivity contribution in [2.45, 2.75) is 32.4 Å². The van der Waals surface area contributed by atoms with E-state index in [0.717, 1.165) is 29.4 Å². The van der Waals surface area contributed by atoms with Crippen LogP contribution in [0.15, 0.2) is 6.07 Å². The highest BCUT2D eigenvalue weighted by molar-refractivity contribution is 7.98. The van der Waals surface area contributed by atoms with Crippen molar-refractivity contribution in [2.75, 3.05) is 11.2 Å². The summed E-state index contributed by atoms with van der Waals surface area (Å²) in [5, 5.41) is 0. The lowest BCUT2D eigenvalue weighted by atomic mass is 10.3. The van der Waals surface area contributed by atoms with E-state index in [4.69, 9.17) is 5.84 Å². The standard InChI is InChI=1S/C10H18N4S/c1-3-5-15-7-10-12-8(4-2)6-9(13-10)14-11/h6H,3-5,7,11H2,1-2H3,(H,12,13,14). The first-order chi connectivity index (χ1) is 7.30. The molecule has 0 bridgehead atoms. The van der Waals surface area contributed by atoms with Gasteiger partial charge in [-0.1, -0.05) is 13.8 Å². The van der Waals surface area contributed by atoms with E-state index >= 15 is 0 Å². The molecule has 0 atom stereocenters. The molecule has 15 heavy (non-hydrogen) atoms. The fourth-order valence-corrected chi connectivity index (χ4v) is 1.92. The van der Waals surface area contributed by atoms with Crippen molar-refractivity contribution in [1.82, 2.24) is 9.97 Å². The van der Waals surface area contributed by atoms with Crippen LogP contribution in [0.2, 0.25) is 0 Å². The number of nitrogens with zero attached hydrogens (tertiary/aromatic N) is 2. The minimum absolute atomic E-state index is 0.703. The number of aromatic nitrogens is 2. The summed E-state index contributed by atoms with van der Waals surface area (Å²) in [7, 11) is 0. The molecule has 0 aliphatic carbocycles. The van der Waals surface area contributed by atoms with Crippen LogP contribution in [0.3, 0.4) is 0 Å². The third-order valence-corrected chi connectivity index (χ3v) is 3.07. The van der Waals surface area contributed by atoms with Gasteiger partial charge >= 0.3 is 0 Å². The number of nitrogens with one attached hydrogen (secondary N) is 1. The molecule has 4 nitrogen and oxygen atoms in total. The molecule has 0 aliphatic heterocycles. The van der Waals surface area contributed by atoms with Gasteiger partial charge in [0.1, 0.15) is 11.6 Å². The molecule has 0 aliphatic rings. The Hall–Kier alpha value is -0.810. The van der Waals surface area contributed by atoms with Crippen LogP contribution in [0.4, 0.5) is 5.82 Å². The Balaban J connectivity index is 2.68. The van der Waals surface area contributed by atoms with Crippen molar-refractivity contribution < 1.29 is 0 Å². The molecule has 0 saturated carbocycles. The molecule has 0 spiro atoms. The molecular formula is C10H18N4S. The lowest BCUT2D eigenvalue weighted by Crippen LogP contribution is -2.11. The van der Waals surface area contributed by atoms with E-state index < -0.39 is 0 Å². The minimum Gasteiger partial charge on any atom is -0.308 e. The van der Waals surface area contributed by atoms with E-state index in [1.54, 1.807) is 0 Å². The quantitative estimate of drug-likeness (QED) is 0.441. The average molecular weight is 226 g/mol. The summed E-state index contributed by atoms with van der Waals surface area (Å²) in [6, 6.07) is 1.88. The minimum atomic E-state index is 0.703. The van der Waals surface area contributed by atoms with Crippen LogP contribution in [-0.2, 0) is 12.2 Å². The van der Waals surface area contributed by atoms with Gasteiger partial charge in [0.2, 0.25) is 0 Å². The van der Waals surface area contributed by atoms with Crippen molar-refractivity contribution in [2.24, 2.45) is 5.84 Å². The first kappa shape index (κ1) is 12.3. The number of hydrogen-bond acceptors (Lipinski definition) is 5. The first-order valence-electron chi connectivity index (χ1n) is 5.21. The second kappa shape index (κ2) is 6.63. The third kappa shape index (κ3) is 4.05. The summed E-state index contributed by atoms with van der Waals surface area (Å²) in [6.07, 6.45) is 2.09. The van der Waals surface area contributed by atoms with Crippen LogP contribution in [-0.4, -0.2) is 15.7 Å². The van der Waals surface area contributed by atoms with Crippen molar-refractivity contribution in [1.29, 1.82) is 0 Å². The fraction of sp³-hybridized carbons (Fsp3) is 0.600. The Morgan fingerprint density at radius 2 is 2.20 bits per heavy atom. The monoisotopic (exact) mass is 226 g/mol. The van der Waals surface area contributed by atoms with Crippen LogP contribution in [0.25, 0.3) is 0 Å². The number of aryl methyl sites for hydroxylation is 1. The molecule has 84 valence electrons. The van der Waals surface area contributed by atoms with E-state index in [0.29, 0.717) is 5.82 Å². The van der Waals surface area contributed by atoms with Gasteiger partial charge in [-0.25, -0.2) is 15.8 Å². The van der Waals surface area contributed by atoms with Crippen molar-refractivity contribution >= 4 is 17.6 Å². The first-order valence-corrected chi connectivity index (χ1v) is 6.36. The van der Waals surface area contributed by atoms with Crippen LogP contribution >= 0.6 is 11.8 Å². The van der Waals surface area contributed by atoms with Gasteiger partial charge in [-0.3, -0.25) is 0 Å².